The lowest BCUT2D eigenvalue weighted by Crippen LogP contribution is -2.14. The van der Waals surface area contributed by atoms with Crippen molar-refractivity contribution in [3.8, 4) is 0 Å². The Morgan fingerprint density at radius 1 is 1.59 bits per heavy atom. The first-order chi connectivity index (χ1) is 8.06. The number of nitrogens with two attached hydrogens (primary N) is 1. The summed E-state index contributed by atoms with van der Waals surface area (Å²) in [6.45, 7) is 1.64. The van der Waals surface area contributed by atoms with Crippen LogP contribution in [0.5, 0.6) is 0 Å². The number of nitrogens with zero attached hydrogens (tertiary/aromatic N) is 3. The van der Waals surface area contributed by atoms with Gasteiger partial charge in [-0.05, 0) is 13.0 Å². The minimum atomic E-state index is -0.490. The predicted octanol–water partition coefficient (Wildman–Crippen LogP) is 1.26. The number of anilines is 2. The fraction of sp³-hybridized carbons (Fsp3) is 0.111. The zero-order chi connectivity index (χ0) is 12.4. The second-order valence-electron chi connectivity index (χ2n) is 3.20. The molecular formula is C9H8ClN5O2. The van der Waals surface area contributed by atoms with Crippen molar-refractivity contribution >= 4 is 29.2 Å². The first-order valence-electron chi connectivity index (χ1n) is 4.59. The normalized spacial score (nSPS) is 10.2. The van der Waals surface area contributed by atoms with Crippen molar-refractivity contribution in [2.24, 2.45) is 0 Å². The quantitative estimate of drug-likeness (QED) is 0.780. The van der Waals surface area contributed by atoms with E-state index in [0.717, 1.165) is 0 Å². The van der Waals surface area contributed by atoms with Crippen molar-refractivity contribution < 1.29 is 9.32 Å². The van der Waals surface area contributed by atoms with Gasteiger partial charge < -0.3 is 10.3 Å². The van der Waals surface area contributed by atoms with E-state index in [0.29, 0.717) is 5.82 Å². The minimum Gasteiger partial charge on any atom is -0.397 e. The van der Waals surface area contributed by atoms with Crippen LogP contribution in [0.4, 0.5) is 11.7 Å². The van der Waals surface area contributed by atoms with Crippen molar-refractivity contribution in [2.75, 3.05) is 11.1 Å². The number of amides is 1. The molecule has 0 unspecified atom stereocenters. The lowest BCUT2D eigenvalue weighted by molar-refractivity contribution is 0.102. The molecule has 7 nitrogen and oxygen atoms in total. The van der Waals surface area contributed by atoms with Crippen molar-refractivity contribution in [3.63, 3.8) is 0 Å². The van der Waals surface area contributed by atoms with Crippen LogP contribution in [0.15, 0.2) is 16.8 Å². The molecule has 2 heterocycles. The molecule has 0 spiro atoms. The lowest BCUT2D eigenvalue weighted by Gasteiger charge is -2.03. The Bertz CT molecular complexity index is 568. The number of carbonyl (C=O) groups excluding carboxylic acids is 1. The molecule has 0 aliphatic heterocycles. The summed E-state index contributed by atoms with van der Waals surface area (Å²) in [5.41, 5.74) is 6.01. The molecule has 8 heteroatoms. The smallest absolute Gasteiger partial charge is 0.328 e. The van der Waals surface area contributed by atoms with E-state index in [2.05, 4.69) is 20.4 Å². The van der Waals surface area contributed by atoms with E-state index in [1.54, 1.807) is 6.92 Å². The highest BCUT2D eigenvalue weighted by Gasteiger charge is 2.14. The van der Waals surface area contributed by atoms with Crippen LogP contribution in [0.3, 0.4) is 0 Å². The number of halogens is 1. The van der Waals surface area contributed by atoms with Gasteiger partial charge in [-0.3, -0.25) is 10.1 Å². The van der Waals surface area contributed by atoms with Gasteiger partial charge in [0.15, 0.2) is 5.82 Å². The molecule has 17 heavy (non-hydrogen) atoms. The molecular weight excluding hydrogens is 246 g/mol. The summed E-state index contributed by atoms with van der Waals surface area (Å²) in [7, 11) is 0. The highest BCUT2D eigenvalue weighted by Crippen LogP contribution is 2.16. The molecule has 0 bridgehead atoms. The standard InChI is InChI=1S/C9H8ClN5O2/c1-4-13-9(17-15-4)14-8(16)5-2-7(10)12-3-6(5)11/h2-3H,11H2,1H3,(H,13,14,15,16). The Hall–Kier alpha value is -2.15. The van der Waals surface area contributed by atoms with Gasteiger partial charge in [-0.15, -0.1) is 0 Å². The molecule has 0 saturated carbocycles. The number of aromatic nitrogens is 3. The predicted molar refractivity (Wildman–Crippen MR) is 60.6 cm³/mol. The van der Waals surface area contributed by atoms with E-state index < -0.39 is 5.91 Å². The number of hydrogen-bond donors (Lipinski definition) is 2. The van der Waals surface area contributed by atoms with Gasteiger partial charge in [-0.1, -0.05) is 16.8 Å². The summed E-state index contributed by atoms with van der Waals surface area (Å²) in [4.78, 5) is 19.4. The monoisotopic (exact) mass is 253 g/mol. The summed E-state index contributed by atoms with van der Waals surface area (Å²) in [5.74, 6) is -0.0727. The van der Waals surface area contributed by atoms with Gasteiger partial charge in [0.25, 0.3) is 5.91 Å². The van der Waals surface area contributed by atoms with Crippen LogP contribution < -0.4 is 11.1 Å². The highest BCUT2D eigenvalue weighted by atomic mass is 35.5. The first kappa shape index (κ1) is 11.3. The molecule has 0 aliphatic rings. The average molecular weight is 254 g/mol. The molecule has 3 N–H and O–H groups in total. The lowest BCUT2D eigenvalue weighted by atomic mass is 10.2. The van der Waals surface area contributed by atoms with E-state index >= 15 is 0 Å². The SMILES string of the molecule is Cc1noc(NC(=O)c2cc(Cl)ncc2N)n1. The number of pyridine rings is 1. The number of nitrogens with one attached hydrogen (secondary N) is 1. The summed E-state index contributed by atoms with van der Waals surface area (Å²) in [6, 6.07) is 1.36. The molecule has 0 saturated heterocycles. The summed E-state index contributed by atoms with van der Waals surface area (Å²) in [6.07, 6.45) is 1.30. The van der Waals surface area contributed by atoms with E-state index in [-0.39, 0.29) is 22.4 Å². The number of nitrogen functional groups attached to an aromatic ring is 1. The third kappa shape index (κ3) is 2.51. The molecule has 2 aromatic rings. The molecule has 2 aromatic heterocycles. The van der Waals surface area contributed by atoms with Crippen LogP contribution >= 0.6 is 11.6 Å². The molecule has 0 atom stereocenters. The molecule has 2 rings (SSSR count). The van der Waals surface area contributed by atoms with Gasteiger partial charge in [0.05, 0.1) is 17.4 Å². The molecule has 0 aromatic carbocycles. The molecule has 88 valence electrons. The Labute approximate surface area is 101 Å². The van der Waals surface area contributed by atoms with Gasteiger partial charge in [-0.25, -0.2) is 4.98 Å². The van der Waals surface area contributed by atoms with E-state index in [9.17, 15) is 4.79 Å². The van der Waals surface area contributed by atoms with Crippen LogP contribution in [0, 0.1) is 6.92 Å². The zero-order valence-electron chi connectivity index (χ0n) is 8.77. The molecule has 0 radical (unpaired) electrons. The van der Waals surface area contributed by atoms with Crippen LogP contribution in [0.25, 0.3) is 0 Å². The largest absolute Gasteiger partial charge is 0.397 e. The van der Waals surface area contributed by atoms with Gasteiger partial charge in [0, 0.05) is 0 Å². The maximum absolute atomic E-state index is 11.8. The van der Waals surface area contributed by atoms with Crippen molar-refractivity contribution in [2.45, 2.75) is 6.92 Å². The molecule has 1 amide bonds. The van der Waals surface area contributed by atoms with Crippen molar-refractivity contribution in [1.29, 1.82) is 0 Å². The average Bonchev–Trinajstić information content (AvgIpc) is 2.67. The summed E-state index contributed by atoms with van der Waals surface area (Å²) >= 11 is 5.67. The highest BCUT2D eigenvalue weighted by molar-refractivity contribution is 6.30. The third-order valence-electron chi connectivity index (χ3n) is 1.89. The van der Waals surface area contributed by atoms with E-state index in [1.807, 2.05) is 0 Å². The fourth-order valence-corrected chi connectivity index (χ4v) is 1.31. The van der Waals surface area contributed by atoms with Crippen LogP contribution in [0.2, 0.25) is 5.15 Å². The van der Waals surface area contributed by atoms with Crippen molar-refractivity contribution in [3.05, 3.63) is 28.8 Å². The zero-order valence-corrected chi connectivity index (χ0v) is 9.52. The Balaban J connectivity index is 2.22. The van der Waals surface area contributed by atoms with Gasteiger partial charge in [0.1, 0.15) is 5.15 Å². The van der Waals surface area contributed by atoms with Gasteiger partial charge in [0.2, 0.25) is 0 Å². The number of rotatable bonds is 2. The van der Waals surface area contributed by atoms with E-state index in [1.165, 1.54) is 12.3 Å². The second-order valence-corrected chi connectivity index (χ2v) is 3.58. The van der Waals surface area contributed by atoms with Crippen LogP contribution in [0.1, 0.15) is 16.2 Å². The van der Waals surface area contributed by atoms with Crippen molar-refractivity contribution in [1.82, 2.24) is 15.1 Å². The van der Waals surface area contributed by atoms with Gasteiger partial charge in [-0.2, -0.15) is 4.98 Å². The number of hydrogen-bond acceptors (Lipinski definition) is 6. The fourth-order valence-electron chi connectivity index (χ4n) is 1.15. The Morgan fingerprint density at radius 2 is 2.35 bits per heavy atom. The second kappa shape index (κ2) is 4.38. The Kier molecular flexibility index (Phi) is 2.92. The first-order valence-corrected chi connectivity index (χ1v) is 4.97. The third-order valence-corrected chi connectivity index (χ3v) is 2.10. The maximum atomic E-state index is 11.8. The summed E-state index contributed by atoms with van der Waals surface area (Å²) < 4.78 is 4.74. The minimum absolute atomic E-state index is 0.000153. The molecule has 0 fully saturated rings. The topological polar surface area (TPSA) is 107 Å². The molecule has 0 aliphatic carbocycles. The number of carbonyl (C=O) groups is 1. The van der Waals surface area contributed by atoms with Crippen LogP contribution in [-0.2, 0) is 0 Å². The Morgan fingerprint density at radius 3 is 3.00 bits per heavy atom. The van der Waals surface area contributed by atoms with E-state index in [4.69, 9.17) is 21.9 Å². The maximum Gasteiger partial charge on any atom is 0.328 e. The van der Waals surface area contributed by atoms with Gasteiger partial charge >= 0.3 is 6.01 Å². The number of aryl methyl sites for hydroxylation is 1. The summed E-state index contributed by atoms with van der Waals surface area (Å²) in [5, 5.41) is 6.11. The van der Waals surface area contributed by atoms with Crippen LogP contribution in [-0.4, -0.2) is 21.0 Å².